The van der Waals surface area contributed by atoms with Gasteiger partial charge in [-0.1, -0.05) is 43.3 Å². The van der Waals surface area contributed by atoms with Crippen LogP contribution in [0.2, 0.25) is 0 Å². The third-order valence-electron chi connectivity index (χ3n) is 4.22. The number of hydrogen-bond donors (Lipinski definition) is 1. The van der Waals surface area contributed by atoms with Gasteiger partial charge in [0.05, 0.1) is 10.6 Å². The molecule has 5 heteroatoms. The van der Waals surface area contributed by atoms with Gasteiger partial charge in [-0.25, -0.2) is 0 Å². The number of hydrogen-bond acceptors (Lipinski definition) is 3. The van der Waals surface area contributed by atoms with Crippen LogP contribution in [0.15, 0.2) is 65.1 Å². The lowest BCUT2D eigenvalue weighted by molar-refractivity contribution is -0.118. The van der Waals surface area contributed by atoms with E-state index in [9.17, 15) is 4.79 Å². The van der Waals surface area contributed by atoms with Crippen LogP contribution in [0.5, 0.6) is 11.5 Å². The summed E-state index contributed by atoms with van der Waals surface area (Å²) in [4.78, 5) is 12.3. The van der Waals surface area contributed by atoms with Gasteiger partial charge in [0, 0.05) is 11.8 Å². The van der Waals surface area contributed by atoms with E-state index >= 15 is 0 Å². The van der Waals surface area contributed by atoms with Crippen molar-refractivity contribution >= 4 is 38.3 Å². The summed E-state index contributed by atoms with van der Waals surface area (Å²) in [6.45, 7) is 4.01. The van der Waals surface area contributed by atoms with Gasteiger partial charge in [0.25, 0.3) is 5.91 Å². The Morgan fingerprint density at radius 3 is 2.74 bits per heavy atom. The molecule has 0 aromatic heterocycles. The van der Waals surface area contributed by atoms with Crippen molar-refractivity contribution in [1.82, 2.24) is 0 Å². The van der Waals surface area contributed by atoms with Crippen molar-refractivity contribution in [2.45, 2.75) is 26.4 Å². The molecule has 0 bridgehead atoms. The lowest BCUT2D eigenvalue weighted by Crippen LogP contribution is -2.20. The van der Waals surface area contributed by atoms with Crippen molar-refractivity contribution in [1.29, 1.82) is 0 Å². The molecule has 1 N–H and O–H groups in total. The monoisotopic (exact) mass is 427 g/mol. The summed E-state index contributed by atoms with van der Waals surface area (Å²) in [5.41, 5.74) is 0.682. The van der Waals surface area contributed by atoms with Crippen LogP contribution in [-0.2, 0) is 4.79 Å². The van der Waals surface area contributed by atoms with Crippen LogP contribution < -0.4 is 14.8 Å². The van der Waals surface area contributed by atoms with E-state index in [0.29, 0.717) is 11.4 Å². The van der Waals surface area contributed by atoms with Crippen molar-refractivity contribution < 1.29 is 14.3 Å². The molecule has 0 spiro atoms. The topological polar surface area (TPSA) is 47.6 Å². The number of halogens is 1. The second-order valence-corrected chi connectivity index (χ2v) is 7.09. The predicted molar refractivity (Wildman–Crippen MR) is 113 cm³/mol. The Hall–Kier alpha value is -2.53. The first kappa shape index (κ1) is 19.2. The van der Waals surface area contributed by atoms with Crippen molar-refractivity contribution in [3.63, 3.8) is 0 Å². The third-order valence-corrected chi connectivity index (χ3v) is 5.03. The van der Waals surface area contributed by atoms with Gasteiger partial charge in [0.2, 0.25) is 0 Å². The molecule has 0 saturated heterocycles. The normalized spacial score (nSPS) is 11.8. The molecule has 0 heterocycles. The minimum Gasteiger partial charge on any atom is -0.491 e. The number of carbonyl (C=O) groups is 1. The maximum atomic E-state index is 12.3. The van der Waals surface area contributed by atoms with E-state index in [0.717, 1.165) is 27.4 Å². The van der Waals surface area contributed by atoms with Crippen LogP contribution in [0, 0.1) is 0 Å². The van der Waals surface area contributed by atoms with E-state index in [2.05, 4.69) is 28.2 Å². The Kier molecular flexibility index (Phi) is 6.35. The molecule has 27 heavy (non-hydrogen) atoms. The van der Waals surface area contributed by atoms with Crippen molar-refractivity contribution in [3.8, 4) is 11.5 Å². The average molecular weight is 428 g/mol. The van der Waals surface area contributed by atoms with Crippen molar-refractivity contribution in [3.05, 3.63) is 65.1 Å². The van der Waals surface area contributed by atoms with Crippen LogP contribution in [0.3, 0.4) is 0 Å². The molecule has 3 rings (SSSR count). The summed E-state index contributed by atoms with van der Waals surface area (Å²) in [5, 5.41) is 5.00. The molecule has 0 aliphatic heterocycles. The van der Waals surface area contributed by atoms with E-state index in [1.54, 1.807) is 0 Å². The molecular weight excluding hydrogens is 406 g/mol. The summed E-state index contributed by atoms with van der Waals surface area (Å²) in [5.74, 6) is 1.15. The zero-order chi connectivity index (χ0) is 19.2. The SMILES string of the molecule is CCC(C)Oc1cccc(NC(=O)COc2ccc3ccccc3c2Br)c1. The van der Waals surface area contributed by atoms with Crippen molar-refractivity contribution in [2.75, 3.05) is 11.9 Å². The van der Waals surface area contributed by atoms with Gasteiger partial charge in [-0.2, -0.15) is 0 Å². The van der Waals surface area contributed by atoms with Crippen LogP contribution in [-0.4, -0.2) is 18.6 Å². The van der Waals surface area contributed by atoms with Crippen LogP contribution >= 0.6 is 15.9 Å². The lowest BCUT2D eigenvalue weighted by atomic mass is 10.1. The number of ether oxygens (including phenoxy) is 2. The van der Waals surface area contributed by atoms with Crippen LogP contribution in [0.4, 0.5) is 5.69 Å². The number of carbonyl (C=O) groups excluding carboxylic acids is 1. The van der Waals surface area contributed by atoms with Crippen LogP contribution in [0.1, 0.15) is 20.3 Å². The molecule has 1 unspecified atom stereocenters. The molecule has 0 aliphatic carbocycles. The highest BCUT2D eigenvalue weighted by atomic mass is 79.9. The minimum absolute atomic E-state index is 0.0760. The second-order valence-electron chi connectivity index (χ2n) is 6.30. The minimum atomic E-state index is -0.226. The maximum absolute atomic E-state index is 12.3. The van der Waals surface area contributed by atoms with Gasteiger partial charge in [-0.15, -0.1) is 0 Å². The van der Waals surface area contributed by atoms with Crippen molar-refractivity contribution in [2.24, 2.45) is 0 Å². The maximum Gasteiger partial charge on any atom is 0.262 e. The summed E-state index contributed by atoms with van der Waals surface area (Å²) >= 11 is 3.56. The first-order valence-corrected chi connectivity index (χ1v) is 9.72. The quantitative estimate of drug-likeness (QED) is 0.518. The van der Waals surface area contributed by atoms with Gasteiger partial charge in [-0.3, -0.25) is 4.79 Å². The smallest absolute Gasteiger partial charge is 0.262 e. The lowest BCUT2D eigenvalue weighted by Gasteiger charge is -2.14. The first-order chi connectivity index (χ1) is 13.1. The number of rotatable bonds is 7. The van der Waals surface area contributed by atoms with Gasteiger partial charge in [0.1, 0.15) is 11.5 Å². The molecule has 0 aliphatic rings. The zero-order valence-corrected chi connectivity index (χ0v) is 17.0. The molecule has 0 fully saturated rings. The molecular formula is C22H22BrNO3. The Labute approximate surface area is 167 Å². The summed E-state index contributed by atoms with van der Waals surface area (Å²) in [6, 6.07) is 19.2. The van der Waals surface area contributed by atoms with E-state index in [-0.39, 0.29) is 18.6 Å². The van der Waals surface area contributed by atoms with E-state index < -0.39 is 0 Å². The largest absolute Gasteiger partial charge is 0.491 e. The second kappa shape index (κ2) is 8.91. The fraction of sp³-hybridized carbons (Fsp3) is 0.227. The van der Waals surface area contributed by atoms with Crippen LogP contribution in [0.25, 0.3) is 10.8 Å². The first-order valence-electron chi connectivity index (χ1n) is 8.93. The number of benzene rings is 3. The third kappa shape index (κ3) is 5.01. The number of anilines is 1. The highest BCUT2D eigenvalue weighted by Gasteiger charge is 2.10. The van der Waals surface area contributed by atoms with Gasteiger partial charge in [0.15, 0.2) is 6.61 Å². The summed E-state index contributed by atoms with van der Waals surface area (Å²) < 4.78 is 12.3. The number of nitrogens with one attached hydrogen (secondary N) is 1. The fourth-order valence-corrected chi connectivity index (χ4v) is 3.24. The average Bonchev–Trinajstić information content (AvgIpc) is 2.68. The zero-order valence-electron chi connectivity index (χ0n) is 15.4. The number of amides is 1. The highest BCUT2D eigenvalue weighted by molar-refractivity contribution is 9.10. The summed E-state index contributed by atoms with van der Waals surface area (Å²) in [7, 11) is 0. The van der Waals surface area contributed by atoms with E-state index in [1.165, 1.54) is 0 Å². The Bertz CT molecular complexity index is 942. The van der Waals surface area contributed by atoms with Gasteiger partial charge in [-0.05, 0) is 58.2 Å². The molecule has 1 atom stereocenters. The molecule has 4 nitrogen and oxygen atoms in total. The standard InChI is InChI=1S/C22H22BrNO3/c1-3-15(2)27-18-9-6-8-17(13-18)24-21(25)14-26-20-12-11-16-7-4-5-10-19(16)22(20)23/h4-13,15H,3,14H2,1-2H3,(H,24,25). The molecule has 1 amide bonds. The molecule has 0 radical (unpaired) electrons. The van der Waals surface area contributed by atoms with Gasteiger partial charge >= 0.3 is 0 Å². The molecule has 3 aromatic rings. The number of fused-ring (bicyclic) bond motifs is 1. The summed E-state index contributed by atoms with van der Waals surface area (Å²) in [6.07, 6.45) is 1.05. The predicted octanol–water partition coefficient (Wildman–Crippen LogP) is 5.80. The molecule has 3 aromatic carbocycles. The Morgan fingerprint density at radius 1 is 1.11 bits per heavy atom. The molecule has 140 valence electrons. The highest BCUT2D eigenvalue weighted by Crippen LogP contribution is 2.33. The molecule has 0 saturated carbocycles. The Morgan fingerprint density at radius 2 is 1.93 bits per heavy atom. The fourth-order valence-electron chi connectivity index (χ4n) is 2.63. The van der Waals surface area contributed by atoms with Gasteiger partial charge < -0.3 is 14.8 Å². The Balaban J connectivity index is 1.62. The van der Waals surface area contributed by atoms with E-state index in [4.69, 9.17) is 9.47 Å². The van der Waals surface area contributed by atoms with E-state index in [1.807, 2.05) is 67.6 Å².